The topological polar surface area (TPSA) is 93.1 Å². The Morgan fingerprint density at radius 2 is 1.97 bits per heavy atom. The number of hydrogen-bond acceptors (Lipinski definition) is 6. The van der Waals surface area contributed by atoms with Crippen LogP contribution in [0.25, 0.3) is 6.08 Å². The molecule has 31 heavy (non-hydrogen) atoms. The van der Waals surface area contributed by atoms with Crippen molar-refractivity contribution in [2.75, 3.05) is 13.7 Å². The molecule has 1 aliphatic rings. The third kappa shape index (κ3) is 5.28. The van der Waals surface area contributed by atoms with Crippen LogP contribution in [0.1, 0.15) is 21.5 Å². The Balaban J connectivity index is 1.80. The number of carboxylic acid groups (broad SMARTS) is 1. The number of methoxy groups -OCH3 is 1. The van der Waals surface area contributed by atoms with Crippen LogP contribution in [-0.2, 0) is 11.4 Å². The van der Waals surface area contributed by atoms with Gasteiger partial charge in [0, 0.05) is 6.54 Å². The van der Waals surface area contributed by atoms with Gasteiger partial charge < -0.3 is 14.6 Å². The molecular weight excluding hydrogens is 533 g/mol. The number of amides is 2. The summed E-state index contributed by atoms with van der Waals surface area (Å²) < 4.78 is 12.1. The van der Waals surface area contributed by atoms with Crippen LogP contribution in [-0.4, -0.2) is 40.8 Å². The second kappa shape index (κ2) is 10.0. The molecule has 160 valence electrons. The molecule has 0 atom stereocenters. The molecule has 0 saturated carbocycles. The van der Waals surface area contributed by atoms with Crippen molar-refractivity contribution < 1.29 is 29.0 Å². The summed E-state index contributed by atoms with van der Waals surface area (Å²) in [5.41, 5.74) is 1.71. The highest BCUT2D eigenvalue weighted by atomic mass is 127. The average molecular weight is 551 g/mol. The summed E-state index contributed by atoms with van der Waals surface area (Å²) in [6.45, 7) is 3.96. The number of benzene rings is 2. The van der Waals surface area contributed by atoms with Crippen LogP contribution < -0.4 is 9.47 Å². The first-order valence-corrected chi connectivity index (χ1v) is 10.9. The summed E-state index contributed by atoms with van der Waals surface area (Å²) in [6.07, 6.45) is 3.15. The summed E-state index contributed by atoms with van der Waals surface area (Å²) >= 11 is 3.00. The lowest BCUT2D eigenvalue weighted by atomic mass is 10.1. The highest BCUT2D eigenvalue weighted by Crippen LogP contribution is 2.37. The molecule has 1 N–H and O–H groups in total. The Labute approximate surface area is 196 Å². The highest BCUT2D eigenvalue weighted by Gasteiger charge is 2.34. The molecule has 0 radical (unpaired) electrons. The van der Waals surface area contributed by atoms with E-state index >= 15 is 0 Å². The van der Waals surface area contributed by atoms with Gasteiger partial charge in [-0.3, -0.25) is 14.5 Å². The van der Waals surface area contributed by atoms with Crippen LogP contribution in [0, 0.1) is 3.57 Å². The van der Waals surface area contributed by atoms with E-state index in [2.05, 4.69) is 29.2 Å². The number of carbonyl (C=O) groups is 3. The van der Waals surface area contributed by atoms with Crippen LogP contribution in [0.4, 0.5) is 4.79 Å². The van der Waals surface area contributed by atoms with Crippen molar-refractivity contribution in [1.29, 1.82) is 0 Å². The standard InChI is InChI=1S/C22H18INO6S/c1-3-8-24-20(25)18(31-22(24)28)11-14-9-16(23)19(17(10-14)29-2)30-12-13-4-6-15(7-5-13)21(26)27/h3-7,9-11H,1,8,12H2,2H3,(H,26,27)/b18-11+. The number of thioether (sulfide) groups is 1. The molecule has 0 bridgehead atoms. The molecule has 1 saturated heterocycles. The van der Waals surface area contributed by atoms with Crippen LogP contribution in [0.15, 0.2) is 54.0 Å². The Bertz CT molecular complexity index is 1080. The predicted molar refractivity (Wildman–Crippen MR) is 126 cm³/mol. The first kappa shape index (κ1) is 22.9. The van der Waals surface area contributed by atoms with Crippen molar-refractivity contribution in [3.8, 4) is 11.5 Å². The van der Waals surface area contributed by atoms with Gasteiger partial charge in [-0.2, -0.15) is 0 Å². The monoisotopic (exact) mass is 551 g/mol. The Hall–Kier alpha value is -2.79. The molecule has 3 rings (SSSR count). The third-order valence-electron chi connectivity index (χ3n) is 4.32. The van der Waals surface area contributed by atoms with Gasteiger partial charge in [0.15, 0.2) is 11.5 Å². The van der Waals surface area contributed by atoms with Gasteiger partial charge in [-0.25, -0.2) is 4.79 Å². The van der Waals surface area contributed by atoms with Gasteiger partial charge in [0.25, 0.3) is 11.1 Å². The molecule has 9 heteroatoms. The van der Waals surface area contributed by atoms with Gasteiger partial charge in [0.05, 0.1) is 21.1 Å². The first-order valence-electron chi connectivity index (χ1n) is 9.03. The maximum Gasteiger partial charge on any atom is 0.335 e. The molecule has 2 amide bonds. The number of imide groups is 1. The molecule has 7 nitrogen and oxygen atoms in total. The number of aromatic carboxylic acids is 1. The zero-order chi connectivity index (χ0) is 22.5. The summed E-state index contributed by atoms with van der Waals surface area (Å²) in [6, 6.07) is 9.98. The van der Waals surface area contributed by atoms with E-state index in [4.69, 9.17) is 14.6 Å². The van der Waals surface area contributed by atoms with Crippen molar-refractivity contribution >= 4 is 57.5 Å². The van der Waals surface area contributed by atoms with E-state index in [9.17, 15) is 14.4 Å². The van der Waals surface area contributed by atoms with Gasteiger partial charge >= 0.3 is 5.97 Å². The highest BCUT2D eigenvalue weighted by molar-refractivity contribution is 14.1. The van der Waals surface area contributed by atoms with Crippen molar-refractivity contribution in [2.24, 2.45) is 0 Å². The fourth-order valence-electron chi connectivity index (χ4n) is 2.80. The lowest BCUT2D eigenvalue weighted by Crippen LogP contribution is -2.27. The van der Waals surface area contributed by atoms with Crippen LogP contribution in [0.5, 0.6) is 11.5 Å². The quantitative estimate of drug-likeness (QED) is 0.286. The number of nitrogens with zero attached hydrogens (tertiary/aromatic N) is 1. The Morgan fingerprint density at radius 1 is 1.26 bits per heavy atom. The Kier molecular flexibility index (Phi) is 7.39. The second-order valence-electron chi connectivity index (χ2n) is 6.41. The smallest absolute Gasteiger partial charge is 0.335 e. The minimum atomic E-state index is -0.985. The van der Waals surface area contributed by atoms with E-state index in [0.29, 0.717) is 22.0 Å². The van der Waals surface area contributed by atoms with E-state index in [1.54, 1.807) is 24.3 Å². The SMILES string of the molecule is C=CCN1C(=O)S/C(=C/c2cc(I)c(OCc3ccc(C(=O)O)cc3)c(OC)c2)C1=O. The van der Waals surface area contributed by atoms with Crippen LogP contribution in [0.3, 0.4) is 0 Å². The lowest BCUT2D eigenvalue weighted by Gasteiger charge is -2.14. The molecule has 0 unspecified atom stereocenters. The van der Waals surface area contributed by atoms with Gasteiger partial charge in [0.2, 0.25) is 0 Å². The average Bonchev–Trinajstić information content (AvgIpc) is 3.00. The minimum absolute atomic E-state index is 0.170. The fraction of sp³-hybridized carbons (Fsp3) is 0.136. The second-order valence-corrected chi connectivity index (χ2v) is 8.56. The molecule has 1 heterocycles. The van der Waals surface area contributed by atoms with Crippen molar-refractivity contribution in [1.82, 2.24) is 4.90 Å². The van der Waals surface area contributed by atoms with E-state index in [0.717, 1.165) is 25.8 Å². The molecule has 0 aromatic heterocycles. The molecule has 2 aromatic carbocycles. The van der Waals surface area contributed by atoms with Gasteiger partial charge in [-0.1, -0.05) is 18.2 Å². The van der Waals surface area contributed by atoms with Crippen molar-refractivity contribution in [3.63, 3.8) is 0 Å². The largest absolute Gasteiger partial charge is 0.493 e. The van der Waals surface area contributed by atoms with Crippen LogP contribution in [0.2, 0.25) is 0 Å². The molecule has 1 aliphatic heterocycles. The van der Waals surface area contributed by atoms with E-state index < -0.39 is 5.97 Å². The zero-order valence-electron chi connectivity index (χ0n) is 16.5. The van der Waals surface area contributed by atoms with E-state index in [-0.39, 0.29) is 29.9 Å². The number of carboxylic acids is 1. The summed E-state index contributed by atoms with van der Waals surface area (Å²) in [5, 5.41) is 8.66. The predicted octanol–water partition coefficient (Wildman–Crippen LogP) is 4.80. The van der Waals surface area contributed by atoms with Gasteiger partial charge in [0.1, 0.15) is 6.61 Å². The first-order chi connectivity index (χ1) is 14.8. The maximum atomic E-state index is 12.4. The third-order valence-corrected chi connectivity index (χ3v) is 6.03. The number of halogens is 1. The fourth-order valence-corrected chi connectivity index (χ4v) is 4.43. The van der Waals surface area contributed by atoms with Crippen LogP contribution >= 0.6 is 34.4 Å². The molecule has 1 fully saturated rings. The minimum Gasteiger partial charge on any atom is -0.493 e. The zero-order valence-corrected chi connectivity index (χ0v) is 19.4. The van der Waals surface area contributed by atoms with Crippen molar-refractivity contribution in [2.45, 2.75) is 6.61 Å². The summed E-state index contributed by atoms with van der Waals surface area (Å²) in [4.78, 5) is 36.8. The molecular formula is C22H18INO6S. The Morgan fingerprint density at radius 3 is 2.58 bits per heavy atom. The number of carbonyl (C=O) groups excluding carboxylic acids is 2. The summed E-state index contributed by atoms with van der Waals surface area (Å²) in [5.74, 6) is -0.330. The lowest BCUT2D eigenvalue weighted by molar-refractivity contribution is -0.122. The van der Waals surface area contributed by atoms with E-state index in [1.807, 2.05) is 6.07 Å². The number of ether oxygens (including phenoxy) is 2. The number of hydrogen-bond donors (Lipinski definition) is 1. The van der Waals surface area contributed by atoms with E-state index in [1.165, 1.54) is 25.3 Å². The molecule has 2 aromatic rings. The van der Waals surface area contributed by atoms with Crippen molar-refractivity contribution in [3.05, 3.63) is 74.2 Å². The normalized spacial score (nSPS) is 14.8. The molecule has 0 aliphatic carbocycles. The maximum absolute atomic E-state index is 12.4. The number of rotatable bonds is 8. The van der Waals surface area contributed by atoms with Gasteiger partial charge in [-0.15, -0.1) is 6.58 Å². The summed E-state index contributed by atoms with van der Waals surface area (Å²) in [7, 11) is 1.52. The molecule has 0 spiro atoms. The van der Waals surface area contributed by atoms with Gasteiger partial charge in [-0.05, 0) is 75.8 Å².